The number of nitrogens with zero attached hydrogens (tertiary/aromatic N) is 1. The molecule has 0 N–H and O–H groups in total. The first-order valence-electron chi connectivity index (χ1n) is 8.57. The van der Waals surface area contributed by atoms with Crippen molar-refractivity contribution in [3.8, 4) is 0 Å². The van der Waals surface area contributed by atoms with Crippen LogP contribution in [0, 0.1) is 10.1 Å². The molecule has 1 unspecified atom stereocenters. The maximum absolute atomic E-state index is 12.9. The van der Waals surface area contributed by atoms with Gasteiger partial charge in [-0.3, -0.25) is 10.1 Å². The van der Waals surface area contributed by atoms with Crippen molar-refractivity contribution in [1.29, 1.82) is 0 Å². The van der Waals surface area contributed by atoms with Crippen LogP contribution in [-0.4, -0.2) is 24.0 Å². The highest BCUT2D eigenvalue weighted by molar-refractivity contribution is 8.01. The number of ether oxygens (including phenoxy) is 1. The average Bonchev–Trinajstić information content (AvgIpc) is 2.68. The Morgan fingerprint density at radius 3 is 2.37 bits per heavy atom. The Labute approximate surface area is 161 Å². The van der Waals surface area contributed by atoms with Gasteiger partial charge in [-0.05, 0) is 35.4 Å². The van der Waals surface area contributed by atoms with Crippen LogP contribution in [0.4, 0.5) is 0 Å². The molecule has 0 fully saturated rings. The van der Waals surface area contributed by atoms with Crippen LogP contribution in [-0.2, 0) is 14.3 Å². The van der Waals surface area contributed by atoms with Gasteiger partial charge in [0.1, 0.15) is 0 Å². The minimum atomic E-state index is -1.46. The summed E-state index contributed by atoms with van der Waals surface area (Å²) in [6.45, 7) is 1.29. The van der Waals surface area contributed by atoms with E-state index in [1.807, 2.05) is 48.5 Å². The largest absolute Gasteiger partial charge is 0.464 e. The monoisotopic (exact) mass is 381 g/mol. The number of thioether (sulfide) groups is 1. The minimum absolute atomic E-state index is 0.156. The first-order valence-corrected chi connectivity index (χ1v) is 9.39. The van der Waals surface area contributed by atoms with E-state index in [2.05, 4.69) is 0 Å². The SMILES string of the molecule is CCOC(=O)C(C[N+](=O)[O-])(Sc1ccc2ccccc2c1)c1ccccc1. The summed E-state index contributed by atoms with van der Waals surface area (Å²) in [6, 6.07) is 22.4. The molecule has 5 nitrogen and oxygen atoms in total. The van der Waals surface area contributed by atoms with Crippen molar-refractivity contribution in [2.45, 2.75) is 16.6 Å². The molecule has 27 heavy (non-hydrogen) atoms. The number of benzene rings is 3. The highest BCUT2D eigenvalue weighted by atomic mass is 32.2. The molecule has 138 valence electrons. The smallest absolute Gasteiger partial charge is 0.334 e. The van der Waals surface area contributed by atoms with Gasteiger partial charge in [0.15, 0.2) is 0 Å². The molecular formula is C21H19NO4S. The first kappa shape index (κ1) is 18.9. The van der Waals surface area contributed by atoms with Crippen molar-refractivity contribution in [3.05, 3.63) is 88.5 Å². The molecule has 0 aromatic heterocycles. The van der Waals surface area contributed by atoms with Gasteiger partial charge < -0.3 is 4.74 Å². The summed E-state index contributed by atoms with van der Waals surface area (Å²) in [7, 11) is 0. The van der Waals surface area contributed by atoms with E-state index in [-0.39, 0.29) is 6.61 Å². The molecule has 0 heterocycles. The summed E-state index contributed by atoms with van der Waals surface area (Å²) in [4.78, 5) is 24.7. The van der Waals surface area contributed by atoms with Crippen LogP contribution >= 0.6 is 11.8 Å². The summed E-state index contributed by atoms with van der Waals surface area (Å²) < 4.78 is 3.80. The Morgan fingerprint density at radius 1 is 1.04 bits per heavy atom. The standard InChI is InChI=1S/C21H19NO4S/c1-2-26-20(23)21(15-22(24)25,18-10-4-3-5-11-18)27-19-13-12-16-8-6-7-9-17(16)14-19/h3-14H,2,15H2,1H3. The zero-order valence-electron chi connectivity index (χ0n) is 14.8. The van der Waals surface area contributed by atoms with E-state index in [9.17, 15) is 14.9 Å². The van der Waals surface area contributed by atoms with Gasteiger partial charge in [-0.1, -0.05) is 72.4 Å². The third-order valence-electron chi connectivity index (χ3n) is 4.21. The topological polar surface area (TPSA) is 69.4 Å². The molecule has 3 aromatic rings. The summed E-state index contributed by atoms with van der Waals surface area (Å²) in [5.74, 6) is -0.606. The lowest BCUT2D eigenvalue weighted by atomic mass is 9.98. The van der Waals surface area contributed by atoms with Crippen LogP contribution in [0.25, 0.3) is 10.8 Å². The van der Waals surface area contributed by atoms with Crippen molar-refractivity contribution >= 4 is 28.5 Å². The number of nitro groups is 1. The van der Waals surface area contributed by atoms with Crippen molar-refractivity contribution < 1.29 is 14.5 Å². The van der Waals surface area contributed by atoms with Crippen LogP contribution < -0.4 is 0 Å². The zero-order valence-corrected chi connectivity index (χ0v) is 15.6. The van der Waals surface area contributed by atoms with Crippen LogP contribution in [0.3, 0.4) is 0 Å². The zero-order chi connectivity index (χ0) is 19.3. The van der Waals surface area contributed by atoms with E-state index in [1.165, 1.54) is 0 Å². The minimum Gasteiger partial charge on any atom is -0.464 e. The first-order chi connectivity index (χ1) is 13.0. The second-order valence-corrected chi connectivity index (χ2v) is 7.39. The molecule has 0 aliphatic rings. The Morgan fingerprint density at radius 2 is 1.70 bits per heavy atom. The van der Waals surface area contributed by atoms with E-state index in [1.54, 1.807) is 31.2 Å². The van der Waals surface area contributed by atoms with Crippen LogP contribution in [0.1, 0.15) is 12.5 Å². The quantitative estimate of drug-likeness (QED) is 0.257. The molecule has 0 radical (unpaired) electrons. The Hall–Kier alpha value is -2.86. The van der Waals surface area contributed by atoms with Gasteiger partial charge in [0, 0.05) is 9.82 Å². The second-order valence-electron chi connectivity index (χ2n) is 6.02. The Bertz CT molecular complexity index is 961. The Kier molecular flexibility index (Phi) is 5.76. The summed E-state index contributed by atoms with van der Waals surface area (Å²) in [5.41, 5.74) is 0.554. The lowest BCUT2D eigenvalue weighted by Crippen LogP contribution is -2.40. The third kappa shape index (κ3) is 4.11. The molecule has 3 aromatic carbocycles. The predicted octanol–water partition coefficient (Wildman–Crippen LogP) is 4.67. The number of carbonyl (C=O) groups excluding carboxylic acids is 1. The molecule has 6 heteroatoms. The maximum Gasteiger partial charge on any atom is 0.334 e. The van der Waals surface area contributed by atoms with E-state index >= 15 is 0 Å². The molecule has 3 rings (SSSR count). The fourth-order valence-corrected chi connectivity index (χ4v) is 4.27. The summed E-state index contributed by atoms with van der Waals surface area (Å²) in [6.07, 6.45) is 0. The fourth-order valence-electron chi connectivity index (χ4n) is 2.98. The van der Waals surface area contributed by atoms with Gasteiger partial charge in [-0.2, -0.15) is 0 Å². The van der Waals surface area contributed by atoms with Gasteiger partial charge in [-0.25, -0.2) is 4.79 Å². The van der Waals surface area contributed by atoms with Crippen LogP contribution in [0.5, 0.6) is 0 Å². The van der Waals surface area contributed by atoms with E-state index in [0.29, 0.717) is 5.56 Å². The van der Waals surface area contributed by atoms with Gasteiger partial charge >= 0.3 is 5.97 Å². The molecule has 0 amide bonds. The van der Waals surface area contributed by atoms with Crippen molar-refractivity contribution in [3.63, 3.8) is 0 Å². The van der Waals surface area contributed by atoms with Crippen molar-refractivity contribution in [2.75, 3.05) is 13.2 Å². The van der Waals surface area contributed by atoms with Crippen molar-refractivity contribution in [1.82, 2.24) is 0 Å². The van der Waals surface area contributed by atoms with E-state index in [0.717, 1.165) is 27.4 Å². The number of esters is 1. The van der Waals surface area contributed by atoms with Crippen LogP contribution in [0.15, 0.2) is 77.7 Å². The number of fused-ring (bicyclic) bond motifs is 1. The third-order valence-corrected chi connectivity index (χ3v) is 5.58. The highest BCUT2D eigenvalue weighted by Gasteiger charge is 2.48. The molecule has 0 saturated carbocycles. The van der Waals surface area contributed by atoms with Crippen molar-refractivity contribution in [2.24, 2.45) is 0 Å². The Balaban J connectivity index is 2.11. The number of hydrogen-bond acceptors (Lipinski definition) is 5. The van der Waals surface area contributed by atoms with Gasteiger partial charge in [0.25, 0.3) is 0 Å². The molecule has 0 spiro atoms. The molecule has 0 bridgehead atoms. The summed E-state index contributed by atoms with van der Waals surface area (Å²) in [5, 5.41) is 13.6. The highest BCUT2D eigenvalue weighted by Crippen LogP contribution is 2.43. The van der Waals surface area contributed by atoms with Gasteiger partial charge in [-0.15, -0.1) is 0 Å². The molecule has 0 aliphatic carbocycles. The molecule has 0 saturated heterocycles. The van der Waals surface area contributed by atoms with Gasteiger partial charge in [0.2, 0.25) is 11.3 Å². The maximum atomic E-state index is 12.9. The fraction of sp³-hybridized carbons (Fsp3) is 0.190. The number of hydrogen-bond donors (Lipinski definition) is 0. The normalized spacial score (nSPS) is 13.1. The number of carbonyl (C=O) groups is 1. The number of rotatable bonds is 7. The van der Waals surface area contributed by atoms with Gasteiger partial charge in [0.05, 0.1) is 6.61 Å². The lowest BCUT2D eigenvalue weighted by Gasteiger charge is -2.27. The van der Waals surface area contributed by atoms with E-state index < -0.39 is 22.2 Å². The van der Waals surface area contributed by atoms with E-state index in [4.69, 9.17) is 4.74 Å². The molecular weight excluding hydrogens is 362 g/mol. The summed E-state index contributed by atoms with van der Waals surface area (Å²) >= 11 is 1.16. The lowest BCUT2D eigenvalue weighted by molar-refractivity contribution is -0.484. The molecule has 0 aliphatic heterocycles. The van der Waals surface area contributed by atoms with Crippen LogP contribution in [0.2, 0.25) is 0 Å². The average molecular weight is 381 g/mol. The predicted molar refractivity (Wildman–Crippen MR) is 106 cm³/mol. The molecule has 1 atom stereocenters. The second kappa shape index (κ2) is 8.22.